The van der Waals surface area contributed by atoms with E-state index in [9.17, 15) is 9.59 Å². The van der Waals surface area contributed by atoms with Gasteiger partial charge in [-0.05, 0) is 6.92 Å². The average Bonchev–Trinajstić information content (AvgIpc) is 2.13. The molecule has 6 nitrogen and oxygen atoms in total. The molecule has 1 unspecified atom stereocenters. The molecule has 0 rings (SSSR count). The molecule has 0 saturated carbocycles. The first kappa shape index (κ1) is 11.9. The number of aliphatic hydroxyl groups excluding tert-OH is 1. The minimum atomic E-state index is -0.539. The fourth-order valence-electron chi connectivity index (χ4n) is 0.656. The molecule has 76 valence electrons. The van der Waals surface area contributed by atoms with Gasteiger partial charge >= 0.3 is 6.03 Å². The van der Waals surface area contributed by atoms with E-state index in [4.69, 9.17) is 5.11 Å². The molecule has 4 N–H and O–H groups in total. The van der Waals surface area contributed by atoms with E-state index in [2.05, 4.69) is 16.0 Å². The van der Waals surface area contributed by atoms with Gasteiger partial charge in [-0.15, -0.1) is 0 Å². The molecule has 0 aromatic carbocycles. The fourth-order valence-corrected chi connectivity index (χ4v) is 0.656. The summed E-state index contributed by atoms with van der Waals surface area (Å²) in [6.45, 7) is 1.88. The average molecular weight is 189 g/mol. The van der Waals surface area contributed by atoms with Gasteiger partial charge in [0, 0.05) is 13.6 Å². The number of hydrogen-bond donors (Lipinski definition) is 4. The van der Waals surface area contributed by atoms with Crippen molar-refractivity contribution in [2.24, 2.45) is 0 Å². The zero-order valence-electron chi connectivity index (χ0n) is 7.76. The van der Waals surface area contributed by atoms with Crippen LogP contribution in [0.3, 0.4) is 0 Å². The molecule has 0 aromatic heterocycles. The molecule has 0 saturated heterocycles. The van der Waals surface area contributed by atoms with Crippen molar-refractivity contribution < 1.29 is 14.7 Å². The zero-order chi connectivity index (χ0) is 10.3. The van der Waals surface area contributed by atoms with E-state index in [0.717, 1.165) is 0 Å². The highest BCUT2D eigenvalue weighted by molar-refractivity contribution is 5.96. The monoisotopic (exact) mass is 189 g/mol. The Morgan fingerprint density at radius 3 is 2.54 bits per heavy atom. The summed E-state index contributed by atoms with van der Waals surface area (Å²) in [6, 6.07) is -1.04. The van der Waals surface area contributed by atoms with Gasteiger partial charge < -0.3 is 15.7 Å². The summed E-state index contributed by atoms with van der Waals surface area (Å²) in [6.07, 6.45) is 0. The van der Waals surface area contributed by atoms with Gasteiger partial charge in [0.15, 0.2) is 0 Å². The van der Waals surface area contributed by atoms with Crippen molar-refractivity contribution in [1.82, 2.24) is 16.0 Å². The minimum Gasteiger partial charge on any atom is -0.395 e. The highest BCUT2D eigenvalue weighted by atomic mass is 16.3. The third-order valence-corrected chi connectivity index (χ3v) is 1.42. The van der Waals surface area contributed by atoms with Crippen molar-refractivity contribution in [1.29, 1.82) is 0 Å². The van der Waals surface area contributed by atoms with Gasteiger partial charge in [0.25, 0.3) is 0 Å². The van der Waals surface area contributed by atoms with E-state index >= 15 is 0 Å². The highest BCUT2D eigenvalue weighted by Crippen LogP contribution is 1.80. The largest absolute Gasteiger partial charge is 0.395 e. The van der Waals surface area contributed by atoms with Crippen molar-refractivity contribution in [3.05, 3.63) is 0 Å². The number of aliphatic hydroxyl groups is 1. The molecular weight excluding hydrogens is 174 g/mol. The Balaban J connectivity index is 3.75. The Labute approximate surface area is 76.7 Å². The van der Waals surface area contributed by atoms with Crippen LogP contribution < -0.4 is 16.0 Å². The predicted octanol–water partition coefficient (Wildman–Crippen LogP) is -1.59. The maximum Gasteiger partial charge on any atom is 0.321 e. The summed E-state index contributed by atoms with van der Waals surface area (Å²) >= 11 is 0. The minimum absolute atomic E-state index is 0.0441. The zero-order valence-corrected chi connectivity index (χ0v) is 7.76. The second-order valence-corrected chi connectivity index (χ2v) is 2.47. The van der Waals surface area contributed by atoms with Crippen LogP contribution >= 0.6 is 0 Å². The number of urea groups is 1. The number of hydrogen-bond acceptors (Lipinski definition) is 4. The standard InChI is InChI=1S/C7H15N3O3/c1-5(9-3-4-11)6(12)10-7(13)8-2/h5,9,11H,3-4H2,1-2H3,(H2,8,10,12,13). The van der Waals surface area contributed by atoms with Crippen LogP contribution in [-0.2, 0) is 4.79 Å². The van der Waals surface area contributed by atoms with Gasteiger partial charge in [-0.2, -0.15) is 0 Å². The molecule has 0 aromatic rings. The smallest absolute Gasteiger partial charge is 0.321 e. The molecule has 0 bridgehead atoms. The molecule has 1 atom stereocenters. The van der Waals surface area contributed by atoms with Crippen LogP contribution in [0.1, 0.15) is 6.92 Å². The van der Waals surface area contributed by atoms with Crippen LogP contribution in [0.2, 0.25) is 0 Å². The molecule has 6 heteroatoms. The van der Waals surface area contributed by atoms with E-state index in [1.165, 1.54) is 7.05 Å². The second kappa shape index (κ2) is 6.38. The quantitative estimate of drug-likeness (QED) is 0.429. The summed E-state index contributed by atoms with van der Waals surface area (Å²) in [5.41, 5.74) is 0. The second-order valence-electron chi connectivity index (χ2n) is 2.47. The third-order valence-electron chi connectivity index (χ3n) is 1.42. The van der Waals surface area contributed by atoms with Crippen LogP contribution in [-0.4, -0.2) is 43.3 Å². The SMILES string of the molecule is CNC(=O)NC(=O)C(C)NCCO. The summed E-state index contributed by atoms with van der Waals surface area (Å²) in [5.74, 6) is -0.423. The maximum atomic E-state index is 11.1. The Hall–Kier alpha value is -1.14. The summed E-state index contributed by atoms with van der Waals surface area (Å²) in [4.78, 5) is 21.8. The van der Waals surface area contributed by atoms with Crippen molar-refractivity contribution in [2.75, 3.05) is 20.2 Å². The van der Waals surface area contributed by atoms with E-state index in [1.807, 2.05) is 0 Å². The molecule has 3 amide bonds. The first-order chi connectivity index (χ1) is 6.11. The normalized spacial score (nSPS) is 11.9. The summed E-state index contributed by atoms with van der Waals surface area (Å²) in [7, 11) is 1.43. The predicted molar refractivity (Wildman–Crippen MR) is 47.1 cm³/mol. The molecule has 0 aliphatic rings. The van der Waals surface area contributed by atoms with Gasteiger partial charge in [0.1, 0.15) is 0 Å². The van der Waals surface area contributed by atoms with Crippen LogP contribution in [0.4, 0.5) is 4.79 Å². The van der Waals surface area contributed by atoms with E-state index in [-0.39, 0.29) is 6.61 Å². The van der Waals surface area contributed by atoms with Crippen molar-refractivity contribution in [3.8, 4) is 0 Å². The Kier molecular flexibility index (Phi) is 5.82. The summed E-state index contributed by atoms with van der Waals surface area (Å²) in [5, 5.41) is 15.5. The third kappa shape index (κ3) is 5.15. The topological polar surface area (TPSA) is 90.5 Å². The maximum absolute atomic E-state index is 11.1. The Morgan fingerprint density at radius 1 is 1.46 bits per heavy atom. The van der Waals surface area contributed by atoms with Gasteiger partial charge in [-0.1, -0.05) is 0 Å². The number of carbonyl (C=O) groups is 2. The molecule has 0 radical (unpaired) electrons. The molecule has 13 heavy (non-hydrogen) atoms. The molecular formula is C7H15N3O3. The van der Waals surface area contributed by atoms with Gasteiger partial charge in [0.2, 0.25) is 5.91 Å². The van der Waals surface area contributed by atoms with Crippen molar-refractivity contribution >= 4 is 11.9 Å². The number of nitrogens with one attached hydrogen (secondary N) is 3. The van der Waals surface area contributed by atoms with Crippen molar-refractivity contribution in [2.45, 2.75) is 13.0 Å². The number of amides is 3. The lowest BCUT2D eigenvalue weighted by atomic mass is 10.3. The van der Waals surface area contributed by atoms with Gasteiger partial charge in [-0.25, -0.2) is 4.79 Å². The van der Waals surface area contributed by atoms with Crippen LogP contribution in [0.15, 0.2) is 0 Å². The first-order valence-corrected chi connectivity index (χ1v) is 3.98. The van der Waals surface area contributed by atoms with Gasteiger partial charge in [-0.3, -0.25) is 10.1 Å². The van der Waals surface area contributed by atoms with Gasteiger partial charge in [0.05, 0.1) is 12.6 Å². The lowest BCUT2D eigenvalue weighted by Gasteiger charge is -2.11. The van der Waals surface area contributed by atoms with Crippen molar-refractivity contribution in [3.63, 3.8) is 0 Å². The lowest BCUT2D eigenvalue weighted by Crippen LogP contribution is -2.47. The van der Waals surface area contributed by atoms with Crippen LogP contribution in [0.25, 0.3) is 0 Å². The molecule has 0 spiro atoms. The molecule has 0 heterocycles. The van der Waals surface area contributed by atoms with Crippen LogP contribution in [0.5, 0.6) is 0 Å². The number of imide groups is 1. The molecule has 0 fully saturated rings. The van der Waals surface area contributed by atoms with E-state index in [0.29, 0.717) is 6.54 Å². The summed E-state index contributed by atoms with van der Waals surface area (Å²) < 4.78 is 0. The van der Waals surface area contributed by atoms with E-state index in [1.54, 1.807) is 6.92 Å². The first-order valence-electron chi connectivity index (χ1n) is 3.98. The molecule has 0 aliphatic heterocycles. The van der Waals surface area contributed by atoms with E-state index < -0.39 is 18.0 Å². The number of rotatable bonds is 4. The lowest BCUT2D eigenvalue weighted by molar-refractivity contribution is -0.121. The Bertz CT molecular complexity index is 184. The van der Waals surface area contributed by atoms with Crippen LogP contribution in [0, 0.1) is 0 Å². The fraction of sp³-hybridized carbons (Fsp3) is 0.714. The number of carbonyl (C=O) groups excluding carboxylic acids is 2. The molecule has 0 aliphatic carbocycles. The Morgan fingerprint density at radius 2 is 2.08 bits per heavy atom. The highest BCUT2D eigenvalue weighted by Gasteiger charge is 2.13.